The zero-order chi connectivity index (χ0) is 21.7. The smallest absolute Gasteiger partial charge is 0.360 e. The number of hydrogen-bond donors (Lipinski definition) is 2. The first-order valence-corrected chi connectivity index (χ1v) is 9.16. The molecule has 1 heterocycles. The summed E-state index contributed by atoms with van der Waals surface area (Å²) in [7, 11) is 1.42. The minimum atomic E-state index is -1.25. The summed E-state index contributed by atoms with van der Waals surface area (Å²) in [6.45, 7) is 1.57. The zero-order valence-electron chi connectivity index (χ0n) is 16.4. The van der Waals surface area contributed by atoms with E-state index in [2.05, 4.69) is 15.7 Å². The summed E-state index contributed by atoms with van der Waals surface area (Å²) in [6.07, 6.45) is -1.25. The van der Waals surface area contributed by atoms with Gasteiger partial charge in [-0.1, -0.05) is 48.5 Å². The van der Waals surface area contributed by atoms with E-state index < -0.39 is 24.0 Å². The molecule has 0 saturated carbocycles. The molecule has 30 heavy (non-hydrogen) atoms. The van der Waals surface area contributed by atoms with Gasteiger partial charge in [-0.25, -0.2) is 14.3 Å². The summed E-state index contributed by atoms with van der Waals surface area (Å²) in [5, 5.41) is 9.25. The quantitative estimate of drug-likeness (QED) is 0.618. The monoisotopic (exact) mass is 408 g/mol. The Bertz CT molecular complexity index is 1160. The van der Waals surface area contributed by atoms with Crippen LogP contribution in [-0.4, -0.2) is 33.8 Å². The van der Waals surface area contributed by atoms with Crippen LogP contribution in [0.25, 0.3) is 10.8 Å². The number of imide groups is 1. The van der Waals surface area contributed by atoms with Gasteiger partial charge in [0, 0.05) is 19.0 Å². The molecule has 2 N–H and O–H groups in total. The summed E-state index contributed by atoms with van der Waals surface area (Å²) < 4.78 is 6.18. The lowest BCUT2D eigenvalue weighted by Gasteiger charge is -2.14. The number of aromatic nitrogens is 2. The molecule has 0 fully saturated rings. The number of nitrogens with one attached hydrogen (secondary N) is 2. The SMILES string of the molecule is C[C@H](OC(=O)c1nn(C)c(=O)c2ccccc12)C(=O)NC(=O)NCc1ccccc1. The molecule has 3 rings (SSSR count). The van der Waals surface area contributed by atoms with Gasteiger partial charge in [0.15, 0.2) is 11.8 Å². The van der Waals surface area contributed by atoms with E-state index in [1.54, 1.807) is 24.3 Å². The summed E-state index contributed by atoms with van der Waals surface area (Å²) in [5.41, 5.74) is 0.413. The number of carbonyl (C=O) groups excluding carboxylic acids is 3. The lowest BCUT2D eigenvalue weighted by molar-refractivity contribution is -0.127. The van der Waals surface area contributed by atoms with Crippen LogP contribution in [0.3, 0.4) is 0 Å². The van der Waals surface area contributed by atoms with Crippen LogP contribution >= 0.6 is 0 Å². The molecule has 0 radical (unpaired) electrons. The Morgan fingerprint density at radius 2 is 1.67 bits per heavy atom. The van der Waals surface area contributed by atoms with E-state index in [0.717, 1.165) is 10.2 Å². The van der Waals surface area contributed by atoms with Crippen molar-refractivity contribution in [2.24, 2.45) is 7.05 Å². The van der Waals surface area contributed by atoms with E-state index >= 15 is 0 Å². The predicted molar refractivity (Wildman–Crippen MR) is 109 cm³/mol. The van der Waals surface area contributed by atoms with Crippen LogP contribution in [0.1, 0.15) is 23.0 Å². The van der Waals surface area contributed by atoms with Crippen LogP contribution < -0.4 is 16.2 Å². The molecule has 1 aromatic heterocycles. The molecule has 0 aliphatic carbocycles. The highest BCUT2D eigenvalue weighted by molar-refractivity contribution is 6.03. The van der Waals surface area contributed by atoms with Gasteiger partial charge in [-0.15, -0.1) is 0 Å². The second kappa shape index (κ2) is 8.99. The van der Waals surface area contributed by atoms with Gasteiger partial charge in [-0.2, -0.15) is 5.10 Å². The van der Waals surface area contributed by atoms with Gasteiger partial charge < -0.3 is 10.1 Å². The minimum Gasteiger partial charge on any atom is -0.448 e. The molecular weight excluding hydrogens is 388 g/mol. The molecule has 9 heteroatoms. The fourth-order valence-electron chi connectivity index (χ4n) is 2.76. The molecule has 0 unspecified atom stereocenters. The van der Waals surface area contributed by atoms with Crippen molar-refractivity contribution in [2.45, 2.75) is 19.6 Å². The highest BCUT2D eigenvalue weighted by Crippen LogP contribution is 2.14. The van der Waals surface area contributed by atoms with Crippen molar-refractivity contribution in [3.63, 3.8) is 0 Å². The molecular formula is C21H20N4O5. The number of aryl methyl sites for hydroxylation is 1. The van der Waals surface area contributed by atoms with Crippen LogP contribution in [0.15, 0.2) is 59.4 Å². The van der Waals surface area contributed by atoms with Gasteiger partial charge in [0.25, 0.3) is 11.5 Å². The highest BCUT2D eigenvalue weighted by Gasteiger charge is 2.24. The number of amides is 3. The molecule has 154 valence electrons. The summed E-state index contributed by atoms with van der Waals surface area (Å²) in [4.78, 5) is 48.8. The molecule has 0 spiro atoms. The predicted octanol–water partition coefficient (Wildman–Crippen LogP) is 1.50. The molecule has 0 aliphatic rings. The highest BCUT2D eigenvalue weighted by atomic mass is 16.5. The number of esters is 1. The lowest BCUT2D eigenvalue weighted by Crippen LogP contribution is -2.44. The Balaban J connectivity index is 1.63. The van der Waals surface area contributed by atoms with Gasteiger partial charge >= 0.3 is 12.0 Å². The number of benzene rings is 2. The number of nitrogens with zero attached hydrogens (tertiary/aromatic N) is 2. The Hall–Kier alpha value is -4.01. The molecule has 0 saturated heterocycles. The number of carbonyl (C=O) groups is 3. The van der Waals surface area contributed by atoms with Crippen molar-refractivity contribution >= 4 is 28.7 Å². The third-order valence-corrected chi connectivity index (χ3v) is 4.34. The van der Waals surface area contributed by atoms with Crippen LogP contribution in [0.2, 0.25) is 0 Å². The van der Waals surface area contributed by atoms with E-state index in [1.165, 1.54) is 14.0 Å². The molecule has 3 aromatic rings. The molecule has 3 amide bonds. The van der Waals surface area contributed by atoms with Crippen molar-refractivity contribution in [1.82, 2.24) is 20.4 Å². The van der Waals surface area contributed by atoms with E-state index in [1.807, 2.05) is 30.3 Å². The third-order valence-electron chi connectivity index (χ3n) is 4.34. The number of fused-ring (bicyclic) bond motifs is 1. The standard InChI is InChI=1S/C21H20N4O5/c1-13(18(26)23-21(29)22-12-14-8-4-3-5-9-14)30-20(28)17-15-10-6-7-11-16(15)19(27)25(2)24-17/h3-11,13H,12H2,1-2H3,(H2,22,23,26,29)/t13-/m0/s1. The van der Waals surface area contributed by atoms with Crippen molar-refractivity contribution in [3.8, 4) is 0 Å². The van der Waals surface area contributed by atoms with Crippen LogP contribution in [0.5, 0.6) is 0 Å². The number of rotatable bonds is 5. The van der Waals surface area contributed by atoms with Crippen LogP contribution in [0, 0.1) is 0 Å². The normalized spacial score (nSPS) is 11.5. The van der Waals surface area contributed by atoms with Gasteiger partial charge in [-0.05, 0) is 18.6 Å². The average molecular weight is 408 g/mol. The Morgan fingerprint density at radius 3 is 2.37 bits per heavy atom. The third kappa shape index (κ3) is 4.69. The number of ether oxygens (including phenoxy) is 1. The van der Waals surface area contributed by atoms with Crippen molar-refractivity contribution in [1.29, 1.82) is 0 Å². The first-order chi connectivity index (χ1) is 14.4. The lowest BCUT2D eigenvalue weighted by atomic mass is 10.1. The maximum atomic E-state index is 12.6. The van der Waals surface area contributed by atoms with E-state index in [-0.39, 0.29) is 17.8 Å². The second-order valence-electron chi connectivity index (χ2n) is 6.53. The first-order valence-electron chi connectivity index (χ1n) is 9.16. The van der Waals surface area contributed by atoms with Crippen molar-refractivity contribution in [2.75, 3.05) is 0 Å². The fraction of sp³-hybridized carbons (Fsp3) is 0.190. The molecule has 0 bridgehead atoms. The van der Waals surface area contributed by atoms with E-state index in [4.69, 9.17) is 4.74 Å². The Labute approximate surface area is 171 Å². The zero-order valence-corrected chi connectivity index (χ0v) is 16.4. The Morgan fingerprint density at radius 1 is 1.03 bits per heavy atom. The number of hydrogen-bond acceptors (Lipinski definition) is 6. The van der Waals surface area contributed by atoms with Gasteiger partial charge in [0.05, 0.1) is 5.39 Å². The maximum absolute atomic E-state index is 12.6. The minimum absolute atomic E-state index is 0.0964. The molecule has 1 atom stereocenters. The van der Waals surface area contributed by atoms with Crippen molar-refractivity contribution < 1.29 is 19.1 Å². The summed E-state index contributed by atoms with van der Waals surface area (Å²) in [6, 6.07) is 14.9. The largest absolute Gasteiger partial charge is 0.448 e. The van der Waals surface area contributed by atoms with Crippen LogP contribution in [-0.2, 0) is 23.1 Å². The summed E-state index contributed by atoms with van der Waals surface area (Å²) in [5.74, 6) is -1.67. The van der Waals surface area contributed by atoms with Crippen LogP contribution in [0.4, 0.5) is 4.79 Å². The first kappa shape index (κ1) is 20.7. The van der Waals surface area contributed by atoms with E-state index in [9.17, 15) is 19.2 Å². The maximum Gasteiger partial charge on any atom is 0.360 e. The average Bonchev–Trinajstić information content (AvgIpc) is 2.75. The van der Waals surface area contributed by atoms with Gasteiger partial charge in [-0.3, -0.25) is 14.9 Å². The molecule has 9 nitrogen and oxygen atoms in total. The Kier molecular flexibility index (Phi) is 6.21. The van der Waals surface area contributed by atoms with E-state index in [0.29, 0.717) is 10.8 Å². The molecule has 0 aliphatic heterocycles. The van der Waals surface area contributed by atoms with Gasteiger partial charge in [0.1, 0.15) is 0 Å². The van der Waals surface area contributed by atoms with Gasteiger partial charge in [0.2, 0.25) is 0 Å². The topological polar surface area (TPSA) is 119 Å². The second-order valence-corrected chi connectivity index (χ2v) is 6.53. The number of urea groups is 1. The van der Waals surface area contributed by atoms with Crippen molar-refractivity contribution in [3.05, 3.63) is 76.2 Å². The fourth-order valence-corrected chi connectivity index (χ4v) is 2.76. The summed E-state index contributed by atoms with van der Waals surface area (Å²) >= 11 is 0. The molecule has 2 aromatic carbocycles.